The second kappa shape index (κ2) is 9.79. The topological polar surface area (TPSA) is 86.5 Å². The number of anilines is 1. The number of benzene rings is 1. The summed E-state index contributed by atoms with van der Waals surface area (Å²) in [4.78, 5) is 20.0. The number of thiophene rings is 1. The molecular weight excluding hydrogens is 466 g/mol. The van der Waals surface area contributed by atoms with Crippen molar-refractivity contribution < 1.29 is 4.79 Å². The van der Waals surface area contributed by atoms with Gasteiger partial charge in [-0.1, -0.05) is 38.6 Å². The van der Waals surface area contributed by atoms with Crippen LogP contribution in [-0.2, 0) is 4.79 Å². The normalized spacial score (nSPS) is 11.8. The molecule has 0 saturated heterocycles. The monoisotopic (exact) mass is 493 g/mol. The Kier molecular flexibility index (Phi) is 6.40. The summed E-state index contributed by atoms with van der Waals surface area (Å²) < 4.78 is 0. The van der Waals surface area contributed by atoms with Gasteiger partial charge in [0.15, 0.2) is 0 Å². The molecule has 0 aliphatic heterocycles. The maximum Gasteiger partial charge on any atom is 0.226 e. The van der Waals surface area contributed by atoms with Crippen LogP contribution >= 0.6 is 11.3 Å². The minimum absolute atomic E-state index is 0.0354. The molecule has 6 nitrogen and oxygen atoms in total. The van der Waals surface area contributed by atoms with Crippen molar-refractivity contribution in [3.05, 3.63) is 95.1 Å². The summed E-state index contributed by atoms with van der Waals surface area (Å²) in [6.45, 7) is 9.71. The number of rotatable bonds is 7. The van der Waals surface area contributed by atoms with Gasteiger partial charge >= 0.3 is 0 Å². The van der Waals surface area contributed by atoms with Gasteiger partial charge in [-0.15, -0.1) is 0 Å². The van der Waals surface area contributed by atoms with Crippen molar-refractivity contribution in [3.63, 3.8) is 0 Å². The molecule has 0 spiro atoms. The largest absolute Gasteiger partial charge is 0.357 e. The van der Waals surface area contributed by atoms with Crippen molar-refractivity contribution in [3.8, 4) is 22.5 Å². The second-order valence-corrected chi connectivity index (χ2v) is 9.77. The molecule has 36 heavy (non-hydrogen) atoms. The fourth-order valence-electron chi connectivity index (χ4n) is 4.19. The Hall–Kier alpha value is -4.23. The number of aromatic nitrogens is 4. The maximum atomic E-state index is 12.1. The lowest BCUT2D eigenvalue weighted by Crippen LogP contribution is -2.17. The highest BCUT2D eigenvalue weighted by molar-refractivity contribution is 7.08. The molecule has 1 amide bonds. The van der Waals surface area contributed by atoms with E-state index < -0.39 is 0 Å². The van der Waals surface area contributed by atoms with Gasteiger partial charge in [-0.25, -0.2) is 0 Å². The van der Waals surface area contributed by atoms with Gasteiger partial charge in [0.25, 0.3) is 0 Å². The van der Waals surface area contributed by atoms with Crippen LogP contribution in [-0.4, -0.2) is 26.1 Å². The molecule has 0 saturated carbocycles. The summed E-state index contributed by atoms with van der Waals surface area (Å²) in [5.41, 5.74) is 9.79. The maximum absolute atomic E-state index is 12.1. The van der Waals surface area contributed by atoms with E-state index in [1.807, 2.05) is 44.2 Å². The second-order valence-electron chi connectivity index (χ2n) is 8.99. The Balaban J connectivity index is 1.53. The number of hydrogen-bond donors (Lipinski definition) is 3. The van der Waals surface area contributed by atoms with Gasteiger partial charge in [-0.05, 0) is 64.7 Å². The van der Waals surface area contributed by atoms with Gasteiger partial charge in [0.1, 0.15) is 5.69 Å². The number of fused-ring (bicyclic) bond motifs is 1. The highest BCUT2D eigenvalue weighted by Gasteiger charge is 2.17. The number of nitrogens with one attached hydrogen (secondary N) is 3. The number of amides is 1. The first-order valence-electron chi connectivity index (χ1n) is 11.7. The highest BCUT2D eigenvalue weighted by Crippen LogP contribution is 2.35. The van der Waals surface area contributed by atoms with E-state index in [0.29, 0.717) is 5.69 Å². The minimum Gasteiger partial charge on any atom is -0.357 e. The van der Waals surface area contributed by atoms with Crippen LogP contribution in [0.4, 0.5) is 5.69 Å². The van der Waals surface area contributed by atoms with E-state index in [-0.39, 0.29) is 11.8 Å². The summed E-state index contributed by atoms with van der Waals surface area (Å²) in [6.07, 6.45) is 7.33. The van der Waals surface area contributed by atoms with Crippen LogP contribution in [0.25, 0.3) is 39.0 Å². The van der Waals surface area contributed by atoms with Crippen LogP contribution in [0.1, 0.15) is 30.7 Å². The molecule has 0 aliphatic carbocycles. The zero-order valence-electron chi connectivity index (χ0n) is 20.4. The third-order valence-electron chi connectivity index (χ3n) is 6.10. The first kappa shape index (κ1) is 23.5. The zero-order valence-corrected chi connectivity index (χ0v) is 21.2. The van der Waals surface area contributed by atoms with Crippen molar-refractivity contribution in [1.29, 1.82) is 0 Å². The van der Waals surface area contributed by atoms with Gasteiger partial charge in [-0.3, -0.25) is 14.9 Å². The molecular formula is C29H27N5OS. The molecule has 0 atom stereocenters. The van der Waals surface area contributed by atoms with Crippen molar-refractivity contribution in [2.24, 2.45) is 5.92 Å². The molecule has 0 unspecified atom stereocenters. The van der Waals surface area contributed by atoms with Crippen LogP contribution in [0.5, 0.6) is 0 Å². The Labute approximate surface area is 213 Å². The third kappa shape index (κ3) is 4.53. The molecule has 1 aromatic carbocycles. The molecule has 0 bridgehead atoms. The predicted octanol–water partition coefficient (Wildman–Crippen LogP) is 7.20. The van der Waals surface area contributed by atoms with Gasteiger partial charge < -0.3 is 10.3 Å². The fraction of sp³-hybridized carbons (Fsp3) is 0.138. The number of nitrogens with zero attached hydrogens (tertiary/aromatic N) is 2. The standard InChI is InChI=1S/C29H27N5OS/c1-5-6-23(20-9-10-36-16-20)24-13-27(31-18(24)4)28-25-12-19(7-8-26(25)33-34-28)21-11-22(15-30-14-21)32-29(35)17(2)3/h5-17,31H,1H2,2-4H3,(H,32,35)(H,33,34)/b23-6-. The van der Waals surface area contributed by atoms with Crippen LogP contribution in [0, 0.1) is 12.8 Å². The average Bonchev–Trinajstić information content (AvgIpc) is 3.62. The first-order valence-corrected chi connectivity index (χ1v) is 12.7. The van der Waals surface area contributed by atoms with E-state index in [4.69, 9.17) is 0 Å². The lowest BCUT2D eigenvalue weighted by atomic mass is 9.99. The number of H-pyrrole nitrogens is 2. The molecule has 180 valence electrons. The quantitative estimate of drug-likeness (QED) is 0.210. The van der Waals surface area contributed by atoms with E-state index in [9.17, 15) is 4.79 Å². The van der Waals surface area contributed by atoms with Crippen molar-refractivity contribution in [2.45, 2.75) is 20.8 Å². The van der Waals surface area contributed by atoms with E-state index in [1.165, 1.54) is 5.56 Å². The Morgan fingerprint density at radius 1 is 1.14 bits per heavy atom. The number of aromatic amines is 2. The van der Waals surface area contributed by atoms with E-state index in [1.54, 1.807) is 23.7 Å². The zero-order chi connectivity index (χ0) is 25.2. The third-order valence-corrected chi connectivity index (χ3v) is 6.79. The van der Waals surface area contributed by atoms with Crippen molar-refractivity contribution in [1.82, 2.24) is 20.2 Å². The van der Waals surface area contributed by atoms with Crippen molar-refractivity contribution in [2.75, 3.05) is 5.32 Å². The van der Waals surface area contributed by atoms with E-state index in [0.717, 1.165) is 50.2 Å². The lowest BCUT2D eigenvalue weighted by Gasteiger charge is -2.09. The van der Waals surface area contributed by atoms with Gasteiger partial charge in [0, 0.05) is 34.3 Å². The molecule has 7 heteroatoms. The van der Waals surface area contributed by atoms with E-state index >= 15 is 0 Å². The molecule has 3 N–H and O–H groups in total. The van der Waals surface area contributed by atoms with Crippen LogP contribution in [0.15, 0.2) is 78.3 Å². The predicted molar refractivity (Wildman–Crippen MR) is 149 cm³/mol. The average molecular weight is 494 g/mol. The molecule has 0 fully saturated rings. The van der Waals surface area contributed by atoms with Crippen LogP contribution in [0.2, 0.25) is 0 Å². The summed E-state index contributed by atoms with van der Waals surface area (Å²) in [5.74, 6) is -0.138. The summed E-state index contributed by atoms with van der Waals surface area (Å²) in [5, 5.41) is 15.9. The Bertz CT molecular complexity index is 1590. The summed E-state index contributed by atoms with van der Waals surface area (Å²) >= 11 is 1.67. The molecule has 4 aromatic heterocycles. The van der Waals surface area contributed by atoms with Crippen LogP contribution in [0.3, 0.4) is 0 Å². The highest BCUT2D eigenvalue weighted by atomic mass is 32.1. The number of carbonyl (C=O) groups excluding carboxylic acids is 1. The van der Waals surface area contributed by atoms with Gasteiger partial charge in [0.05, 0.1) is 23.1 Å². The summed E-state index contributed by atoms with van der Waals surface area (Å²) in [6, 6.07) is 12.4. The smallest absolute Gasteiger partial charge is 0.226 e. The van der Waals surface area contributed by atoms with Crippen LogP contribution < -0.4 is 5.32 Å². The number of hydrogen-bond acceptors (Lipinski definition) is 4. The Morgan fingerprint density at radius 3 is 2.75 bits per heavy atom. The minimum atomic E-state index is -0.103. The number of allylic oxidation sites excluding steroid dienone is 2. The van der Waals surface area contributed by atoms with Crippen molar-refractivity contribution >= 4 is 39.4 Å². The Morgan fingerprint density at radius 2 is 2.00 bits per heavy atom. The molecule has 4 heterocycles. The summed E-state index contributed by atoms with van der Waals surface area (Å²) in [7, 11) is 0. The SMILES string of the molecule is C=C/C=C(/c1ccsc1)c1cc(-c2n[nH]c3ccc(-c4cncc(NC(=O)C(C)C)c4)cc23)[nH]c1C. The van der Waals surface area contributed by atoms with E-state index in [2.05, 4.69) is 67.9 Å². The number of aryl methyl sites for hydroxylation is 1. The number of pyridine rings is 1. The lowest BCUT2D eigenvalue weighted by molar-refractivity contribution is -0.118. The first-order chi connectivity index (χ1) is 17.4. The number of carbonyl (C=O) groups is 1. The molecule has 0 radical (unpaired) electrons. The molecule has 5 rings (SSSR count). The fourth-order valence-corrected chi connectivity index (χ4v) is 4.85. The molecule has 0 aliphatic rings. The van der Waals surface area contributed by atoms with Gasteiger partial charge in [0.2, 0.25) is 5.91 Å². The molecule has 5 aromatic rings. The van der Waals surface area contributed by atoms with Gasteiger partial charge in [-0.2, -0.15) is 16.4 Å².